The molecule has 1 aromatic heterocycles. The van der Waals surface area contributed by atoms with Gasteiger partial charge in [0, 0.05) is 38.0 Å². The van der Waals surface area contributed by atoms with Crippen molar-refractivity contribution in [3.8, 4) is 0 Å². The normalized spacial score (nSPS) is 13.4. The fraction of sp³-hybridized carbons (Fsp3) is 0.286. The first-order valence-corrected chi connectivity index (χ1v) is 6.70. The number of rotatable bonds is 3. The molecule has 108 valence electrons. The Morgan fingerprint density at radius 1 is 1.57 bits per heavy atom. The summed E-state index contributed by atoms with van der Waals surface area (Å²) in [6.07, 6.45) is 3.62. The molecular weight excluding hydrogens is 269 g/mol. The fourth-order valence-corrected chi connectivity index (χ4v) is 2.47. The molecule has 0 atom stereocenters. The molecule has 2 heterocycles. The van der Waals surface area contributed by atoms with Crippen LogP contribution < -0.4 is 5.46 Å². The number of aryl methyl sites for hydroxylation is 1. The number of hydrogen-bond acceptors (Lipinski definition) is 4. The van der Waals surface area contributed by atoms with E-state index in [4.69, 9.17) is 4.65 Å². The Morgan fingerprint density at radius 3 is 3.10 bits per heavy atom. The molecule has 3 rings (SSSR count). The molecule has 0 saturated heterocycles. The Balaban J connectivity index is 1.77. The van der Waals surface area contributed by atoms with E-state index < -0.39 is 7.12 Å². The minimum Gasteiger partial charge on any atom is -0.423 e. The van der Waals surface area contributed by atoms with Crippen LogP contribution in [0, 0.1) is 0 Å². The highest BCUT2D eigenvalue weighted by Gasteiger charge is 2.28. The number of carbonyl (C=O) groups excluding carboxylic acids is 1. The first kappa shape index (κ1) is 13.8. The molecule has 0 bridgehead atoms. The van der Waals surface area contributed by atoms with Crippen LogP contribution in [-0.2, 0) is 24.9 Å². The van der Waals surface area contributed by atoms with Gasteiger partial charge in [-0.05, 0) is 23.2 Å². The number of nitrogens with zero attached hydrogens (tertiary/aromatic N) is 3. The van der Waals surface area contributed by atoms with Crippen LogP contribution in [0.25, 0.3) is 0 Å². The third-order valence-corrected chi connectivity index (χ3v) is 3.58. The lowest BCUT2D eigenvalue weighted by Gasteiger charge is -2.16. The van der Waals surface area contributed by atoms with Gasteiger partial charge in [-0.25, -0.2) is 0 Å². The molecule has 7 heteroatoms. The monoisotopic (exact) mass is 285 g/mol. The Hall–Kier alpha value is -2.12. The average Bonchev–Trinajstić information content (AvgIpc) is 3.04. The van der Waals surface area contributed by atoms with E-state index in [-0.39, 0.29) is 5.91 Å². The van der Waals surface area contributed by atoms with Crippen LogP contribution in [0.1, 0.15) is 21.5 Å². The molecule has 21 heavy (non-hydrogen) atoms. The van der Waals surface area contributed by atoms with Gasteiger partial charge in [0.1, 0.15) is 0 Å². The summed E-state index contributed by atoms with van der Waals surface area (Å²) in [6, 6.07) is 5.30. The van der Waals surface area contributed by atoms with E-state index in [2.05, 4.69) is 5.10 Å². The second kappa shape index (κ2) is 5.35. The van der Waals surface area contributed by atoms with Crippen molar-refractivity contribution in [2.24, 2.45) is 7.05 Å². The van der Waals surface area contributed by atoms with Crippen molar-refractivity contribution in [2.45, 2.75) is 13.2 Å². The van der Waals surface area contributed by atoms with Gasteiger partial charge >= 0.3 is 7.12 Å². The summed E-state index contributed by atoms with van der Waals surface area (Å²) in [7, 11) is 2.65. The van der Waals surface area contributed by atoms with E-state index in [1.165, 1.54) is 0 Å². The standard InChI is InChI=1S/C14H16BN3O3/c1-17(7-10-6-16-18(2)8-10)14(19)11-3-4-12-9-21-15(20)13(12)5-11/h3-6,8,20H,7,9H2,1-2H3. The zero-order valence-corrected chi connectivity index (χ0v) is 12.0. The predicted molar refractivity (Wildman–Crippen MR) is 77.8 cm³/mol. The Morgan fingerprint density at radius 2 is 2.38 bits per heavy atom. The Kier molecular flexibility index (Phi) is 3.53. The van der Waals surface area contributed by atoms with Gasteiger partial charge in [-0.2, -0.15) is 5.10 Å². The van der Waals surface area contributed by atoms with Gasteiger partial charge in [-0.15, -0.1) is 0 Å². The van der Waals surface area contributed by atoms with E-state index >= 15 is 0 Å². The quantitative estimate of drug-likeness (QED) is 0.800. The van der Waals surface area contributed by atoms with Crippen LogP contribution in [0.4, 0.5) is 0 Å². The number of fused-ring (bicyclic) bond motifs is 1. The number of benzene rings is 1. The van der Waals surface area contributed by atoms with Crippen LogP contribution in [0.15, 0.2) is 30.6 Å². The second-order valence-corrected chi connectivity index (χ2v) is 5.26. The molecule has 6 nitrogen and oxygen atoms in total. The van der Waals surface area contributed by atoms with Crippen molar-refractivity contribution in [1.29, 1.82) is 0 Å². The van der Waals surface area contributed by atoms with Gasteiger partial charge in [0.15, 0.2) is 0 Å². The molecule has 0 unspecified atom stereocenters. The molecule has 0 radical (unpaired) electrons. The highest BCUT2D eigenvalue weighted by atomic mass is 16.5. The summed E-state index contributed by atoms with van der Waals surface area (Å²) < 4.78 is 6.84. The third-order valence-electron chi connectivity index (χ3n) is 3.58. The van der Waals surface area contributed by atoms with Crippen molar-refractivity contribution in [2.75, 3.05) is 7.05 Å². The summed E-state index contributed by atoms with van der Waals surface area (Å²) in [4.78, 5) is 14.1. The number of aromatic nitrogens is 2. The lowest BCUT2D eigenvalue weighted by Crippen LogP contribution is -2.31. The molecule has 1 aliphatic heterocycles. The predicted octanol–water partition coefficient (Wildman–Crippen LogP) is -0.0900. The smallest absolute Gasteiger partial charge is 0.423 e. The molecule has 1 N–H and O–H groups in total. The minimum atomic E-state index is -0.934. The highest BCUT2D eigenvalue weighted by Crippen LogP contribution is 2.13. The van der Waals surface area contributed by atoms with Gasteiger partial charge in [-0.3, -0.25) is 9.48 Å². The van der Waals surface area contributed by atoms with E-state index in [0.29, 0.717) is 24.2 Å². The topological polar surface area (TPSA) is 67.6 Å². The lowest BCUT2D eigenvalue weighted by atomic mass is 9.78. The first-order valence-electron chi connectivity index (χ1n) is 6.70. The summed E-state index contributed by atoms with van der Waals surface area (Å²) in [5, 5.41) is 13.8. The van der Waals surface area contributed by atoms with Crippen molar-refractivity contribution >= 4 is 18.5 Å². The van der Waals surface area contributed by atoms with Crippen LogP contribution in [-0.4, -0.2) is 39.8 Å². The first-order chi connectivity index (χ1) is 10.0. The number of amides is 1. The summed E-state index contributed by atoms with van der Waals surface area (Å²) in [5.74, 6) is -0.0965. The molecular formula is C14H16BN3O3. The van der Waals surface area contributed by atoms with E-state index in [1.54, 1.807) is 35.0 Å². The fourth-order valence-electron chi connectivity index (χ4n) is 2.47. The number of hydrogen-bond donors (Lipinski definition) is 1. The van der Waals surface area contributed by atoms with Gasteiger partial charge in [0.25, 0.3) is 5.91 Å². The van der Waals surface area contributed by atoms with Crippen molar-refractivity contribution in [1.82, 2.24) is 14.7 Å². The van der Waals surface area contributed by atoms with Crippen molar-refractivity contribution < 1.29 is 14.5 Å². The zero-order valence-electron chi connectivity index (χ0n) is 12.0. The molecule has 0 spiro atoms. The average molecular weight is 285 g/mol. The van der Waals surface area contributed by atoms with Gasteiger partial charge < -0.3 is 14.6 Å². The third kappa shape index (κ3) is 2.70. The number of carbonyl (C=O) groups is 1. The summed E-state index contributed by atoms with van der Waals surface area (Å²) in [6.45, 7) is 0.874. The second-order valence-electron chi connectivity index (χ2n) is 5.26. The molecule has 1 amide bonds. The highest BCUT2D eigenvalue weighted by molar-refractivity contribution is 6.61. The lowest BCUT2D eigenvalue weighted by molar-refractivity contribution is 0.0785. The Labute approximate surface area is 123 Å². The molecule has 2 aromatic rings. The van der Waals surface area contributed by atoms with Crippen LogP contribution in [0.2, 0.25) is 0 Å². The maximum Gasteiger partial charge on any atom is 0.491 e. The van der Waals surface area contributed by atoms with E-state index in [9.17, 15) is 9.82 Å². The van der Waals surface area contributed by atoms with Crippen molar-refractivity contribution in [3.05, 3.63) is 47.3 Å². The molecule has 1 aromatic carbocycles. The van der Waals surface area contributed by atoms with Crippen LogP contribution in [0.5, 0.6) is 0 Å². The molecule has 0 aliphatic carbocycles. The zero-order chi connectivity index (χ0) is 15.0. The molecule has 1 aliphatic rings. The van der Waals surface area contributed by atoms with Gasteiger partial charge in [-0.1, -0.05) is 6.07 Å². The SMILES string of the molecule is CN(Cc1cnn(C)c1)C(=O)c1ccc2c(c1)B(O)OC2. The van der Waals surface area contributed by atoms with E-state index in [0.717, 1.165) is 11.1 Å². The molecule has 0 saturated carbocycles. The Bertz CT molecular complexity index is 686. The maximum atomic E-state index is 12.4. The van der Waals surface area contributed by atoms with Crippen LogP contribution in [0.3, 0.4) is 0 Å². The molecule has 0 fully saturated rings. The maximum absolute atomic E-state index is 12.4. The van der Waals surface area contributed by atoms with Crippen molar-refractivity contribution in [3.63, 3.8) is 0 Å². The van der Waals surface area contributed by atoms with Gasteiger partial charge in [0.05, 0.1) is 12.8 Å². The summed E-state index contributed by atoms with van der Waals surface area (Å²) >= 11 is 0. The summed E-state index contributed by atoms with van der Waals surface area (Å²) in [5.41, 5.74) is 3.12. The van der Waals surface area contributed by atoms with Gasteiger partial charge in [0.2, 0.25) is 0 Å². The van der Waals surface area contributed by atoms with Crippen LogP contribution >= 0.6 is 0 Å². The van der Waals surface area contributed by atoms with E-state index in [1.807, 2.05) is 19.3 Å². The largest absolute Gasteiger partial charge is 0.491 e. The minimum absolute atomic E-state index is 0.0965.